The molecule has 0 aliphatic heterocycles. The van der Waals surface area contributed by atoms with Crippen LogP contribution in [-0.2, 0) is 21.2 Å². The average molecular weight is 541 g/mol. The number of benzene rings is 3. The van der Waals surface area contributed by atoms with Gasteiger partial charge in [-0.2, -0.15) is 4.72 Å². The van der Waals surface area contributed by atoms with Crippen molar-refractivity contribution in [3.05, 3.63) is 94.0 Å². The summed E-state index contributed by atoms with van der Waals surface area (Å²) in [6.45, 7) is 5.41. The van der Waals surface area contributed by atoms with Crippen LogP contribution in [0.5, 0.6) is 0 Å². The standard InChI is InChI=1S/C26H25ClN4O3S2/c1-16-13-17(2)23(18(3)14-16)36(33,34)31-22(15-19-7-5-4-6-8-19)24(32)28-26-30-29-25(35-26)20-9-11-21(27)12-10-20/h4-14,22,31H,15H2,1-3H3,(H,28,30,32)/t22-/m0/s1. The molecule has 1 aromatic heterocycles. The highest BCUT2D eigenvalue weighted by molar-refractivity contribution is 7.89. The van der Waals surface area contributed by atoms with Crippen molar-refractivity contribution in [2.45, 2.75) is 38.1 Å². The largest absolute Gasteiger partial charge is 0.299 e. The lowest BCUT2D eigenvalue weighted by atomic mass is 10.1. The van der Waals surface area contributed by atoms with E-state index in [4.69, 9.17) is 11.6 Å². The zero-order valence-corrected chi connectivity index (χ0v) is 22.3. The fraction of sp³-hybridized carbons (Fsp3) is 0.192. The van der Waals surface area contributed by atoms with Crippen LogP contribution >= 0.6 is 22.9 Å². The van der Waals surface area contributed by atoms with Crippen LogP contribution in [0.2, 0.25) is 5.02 Å². The topological polar surface area (TPSA) is 101 Å². The Morgan fingerprint density at radius 3 is 2.25 bits per heavy atom. The minimum atomic E-state index is -3.99. The van der Waals surface area contributed by atoms with E-state index in [0.29, 0.717) is 21.2 Å². The zero-order valence-electron chi connectivity index (χ0n) is 19.9. The molecule has 4 aromatic rings. The van der Waals surface area contributed by atoms with E-state index in [0.717, 1.165) is 16.7 Å². The van der Waals surface area contributed by atoms with Crippen molar-refractivity contribution in [1.82, 2.24) is 14.9 Å². The van der Waals surface area contributed by atoms with Gasteiger partial charge in [-0.25, -0.2) is 8.42 Å². The summed E-state index contributed by atoms with van der Waals surface area (Å²) in [5, 5.41) is 12.4. The number of hydrogen-bond donors (Lipinski definition) is 2. The zero-order chi connectivity index (χ0) is 25.9. The van der Waals surface area contributed by atoms with Gasteiger partial charge in [-0.15, -0.1) is 10.2 Å². The number of carbonyl (C=O) groups excluding carboxylic acids is 1. The van der Waals surface area contributed by atoms with Crippen LogP contribution in [0.3, 0.4) is 0 Å². The second-order valence-electron chi connectivity index (χ2n) is 8.50. The quantitative estimate of drug-likeness (QED) is 0.315. The third-order valence-electron chi connectivity index (χ3n) is 5.52. The first-order valence-electron chi connectivity index (χ1n) is 11.2. The first-order chi connectivity index (χ1) is 17.1. The van der Waals surface area contributed by atoms with Crippen molar-refractivity contribution < 1.29 is 13.2 Å². The second kappa shape index (κ2) is 10.9. The monoisotopic (exact) mass is 540 g/mol. The summed E-state index contributed by atoms with van der Waals surface area (Å²) < 4.78 is 29.5. The van der Waals surface area contributed by atoms with E-state index < -0.39 is 22.0 Å². The Morgan fingerprint density at radius 1 is 0.972 bits per heavy atom. The maximum absolute atomic E-state index is 13.4. The average Bonchev–Trinajstić information content (AvgIpc) is 3.27. The normalized spacial score (nSPS) is 12.3. The summed E-state index contributed by atoms with van der Waals surface area (Å²) in [5.74, 6) is -0.524. The number of aryl methyl sites for hydroxylation is 3. The number of halogens is 1. The number of hydrogen-bond acceptors (Lipinski definition) is 6. The van der Waals surface area contributed by atoms with Crippen molar-refractivity contribution in [3.8, 4) is 10.6 Å². The molecule has 2 N–H and O–H groups in total. The summed E-state index contributed by atoms with van der Waals surface area (Å²) >= 11 is 7.14. The highest BCUT2D eigenvalue weighted by Gasteiger charge is 2.29. The van der Waals surface area contributed by atoms with Crippen molar-refractivity contribution in [1.29, 1.82) is 0 Å². The molecule has 0 fully saturated rings. The third-order valence-corrected chi connectivity index (χ3v) is 8.43. The molecule has 0 aliphatic rings. The third kappa shape index (κ3) is 6.17. The van der Waals surface area contributed by atoms with Crippen LogP contribution in [0.15, 0.2) is 71.6 Å². The van der Waals surface area contributed by atoms with Crippen LogP contribution in [0.25, 0.3) is 10.6 Å². The molecule has 0 bridgehead atoms. The Morgan fingerprint density at radius 2 is 1.61 bits per heavy atom. The van der Waals surface area contributed by atoms with E-state index >= 15 is 0 Å². The van der Waals surface area contributed by atoms with Crippen molar-refractivity contribution in [2.24, 2.45) is 0 Å². The van der Waals surface area contributed by atoms with Crippen LogP contribution in [0.1, 0.15) is 22.3 Å². The summed E-state index contributed by atoms with van der Waals surface area (Å²) in [6, 6.07) is 18.9. The first-order valence-corrected chi connectivity index (χ1v) is 13.8. The molecule has 10 heteroatoms. The minimum absolute atomic E-state index is 0.165. The van der Waals surface area contributed by atoms with Crippen molar-refractivity contribution in [2.75, 3.05) is 5.32 Å². The molecule has 1 atom stereocenters. The second-order valence-corrected chi connectivity index (χ2v) is 11.6. The highest BCUT2D eigenvalue weighted by atomic mass is 35.5. The first kappa shape index (κ1) is 26.0. The number of anilines is 1. The summed E-state index contributed by atoms with van der Waals surface area (Å²) in [7, 11) is -3.99. The van der Waals surface area contributed by atoms with E-state index in [1.165, 1.54) is 11.3 Å². The molecule has 186 valence electrons. The van der Waals surface area contributed by atoms with Gasteiger partial charge in [0.1, 0.15) is 11.0 Å². The Balaban J connectivity index is 1.60. The lowest BCUT2D eigenvalue weighted by molar-refractivity contribution is -0.117. The molecule has 0 aliphatic carbocycles. The molecule has 4 rings (SSSR count). The molecule has 7 nitrogen and oxygen atoms in total. The molecule has 3 aromatic carbocycles. The Hall–Kier alpha value is -3.11. The van der Waals surface area contributed by atoms with Crippen molar-refractivity contribution >= 4 is 44.0 Å². The SMILES string of the molecule is Cc1cc(C)c(S(=O)(=O)N[C@@H](Cc2ccccc2)C(=O)Nc2nnc(-c3ccc(Cl)cc3)s2)c(C)c1. The van der Waals surface area contributed by atoms with E-state index in [2.05, 4.69) is 20.2 Å². The lowest BCUT2D eigenvalue weighted by Crippen LogP contribution is -2.45. The van der Waals surface area contributed by atoms with Gasteiger partial charge in [0.25, 0.3) is 0 Å². The minimum Gasteiger partial charge on any atom is -0.299 e. The predicted molar refractivity (Wildman–Crippen MR) is 144 cm³/mol. The van der Waals surface area contributed by atoms with Gasteiger partial charge in [0.15, 0.2) is 0 Å². The Bertz CT molecular complexity index is 1460. The van der Waals surface area contributed by atoms with Crippen LogP contribution in [0.4, 0.5) is 5.13 Å². The Labute approximate surface area is 219 Å². The molecule has 0 saturated heterocycles. The fourth-order valence-corrected chi connectivity index (χ4v) is 6.58. The van der Waals surface area contributed by atoms with Gasteiger partial charge in [-0.05, 0) is 56.0 Å². The van der Waals surface area contributed by atoms with Gasteiger partial charge >= 0.3 is 0 Å². The van der Waals surface area contributed by atoms with E-state index in [1.807, 2.05) is 61.5 Å². The molecular formula is C26H25ClN4O3S2. The van der Waals surface area contributed by atoms with Crippen molar-refractivity contribution in [3.63, 3.8) is 0 Å². The fourth-order valence-electron chi connectivity index (χ4n) is 4.05. The van der Waals surface area contributed by atoms with Gasteiger partial charge in [0.05, 0.1) is 4.90 Å². The number of amides is 1. The van der Waals surface area contributed by atoms with Crippen LogP contribution in [0, 0.1) is 20.8 Å². The number of nitrogens with one attached hydrogen (secondary N) is 2. The van der Waals surface area contributed by atoms with Crippen LogP contribution < -0.4 is 10.0 Å². The number of sulfonamides is 1. The van der Waals surface area contributed by atoms with E-state index in [-0.39, 0.29) is 16.4 Å². The van der Waals surface area contributed by atoms with Gasteiger partial charge in [0, 0.05) is 10.6 Å². The predicted octanol–water partition coefficient (Wildman–Crippen LogP) is 5.31. The van der Waals surface area contributed by atoms with Gasteiger partial charge in [-0.1, -0.05) is 83.1 Å². The maximum atomic E-state index is 13.4. The molecule has 0 saturated carbocycles. The summed E-state index contributed by atoms with van der Waals surface area (Å²) in [4.78, 5) is 13.5. The lowest BCUT2D eigenvalue weighted by Gasteiger charge is -2.20. The smallest absolute Gasteiger partial charge is 0.244 e. The number of carbonyl (C=O) groups is 1. The summed E-state index contributed by atoms with van der Waals surface area (Å²) in [5.41, 5.74) is 3.84. The van der Waals surface area contributed by atoms with Gasteiger partial charge < -0.3 is 0 Å². The number of rotatable bonds is 8. The number of aromatic nitrogens is 2. The van der Waals surface area contributed by atoms with Crippen LogP contribution in [-0.4, -0.2) is 30.6 Å². The van der Waals surface area contributed by atoms with E-state index in [1.54, 1.807) is 26.0 Å². The molecule has 1 heterocycles. The molecule has 0 spiro atoms. The molecule has 36 heavy (non-hydrogen) atoms. The summed E-state index contributed by atoms with van der Waals surface area (Å²) in [6.07, 6.45) is 0.165. The molecule has 1 amide bonds. The van der Waals surface area contributed by atoms with Gasteiger partial charge in [0.2, 0.25) is 21.1 Å². The van der Waals surface area contributed by atoms with E-state index in [9.17, 15) is 13.2 Å². The maximum Gasteiger partial charge on any atom is 0.244 e. The Kier molecular flexibility index (Phi) is 7.85. The van der Waals surface area contributed by atoms with Gasteiger partial charge in [-0.3, -0.25) is 10.1 Å². The highest BCUT2D eigenvalue weighted by Crippen LogP contribution is 2.28. The molecule has 0 radical (unpaired) electrons. The molecule has 0 unspecified atom stereocenters. The number of nitrogens with zero attached hydrogens (tertiary/aromatic N) is 2. The molecular weight excluding hydrogens is 516 g/mol.